The number of nitrogens with one attached hydrogen (secondary N) is 2. The first kappa shape index (κ1) is 12.7. The molecule has 0 radical (unpaired) electrons. The van der Waals surface area contributed by atoms with Crippen LogP contribution in [0, 0.1) is 12.8 Å². The van der Waals surface area contributed by atoms with Gasteiger partial charge in [0, 0.05) is 11.9 Å². The summed E-state index contributed by atoms with van der Waals surface area (Å²) in [6.45, 7) is 4.10. The summed E-state index contributed by atoms with van der Waals surface area (Å²) in [5.41, 5.74) is 3.18. The van der Waals surface area contributed by atoms with Crippen LogP contribution in [0.25, 0.3) is 0 Å². The SMILES string of the molecule is CCc1cccc(C)c1NC(=O)N/C=C/C1CC1. The van der Waals surface area contributed by atoms with Crippen molar-refractivity contribution in [2.75, 3.05) is 5.32 Å². The Morgan fingerprint density at radius 1 is 1.44 bits per heavy atom. The fourth-order valence-corrected chi connectivity index (χ4v) is 1.90. The minimum Gasteiger partial charge on any atom is -0.315 e. The first-order valence-electron chi connectivity index (χ1n) is 6.53. The topological polar surface area (TPSA) is 41.1 Å². The van der Waals surface area contributed by atoms with E-state index >= 15 is 0 Å². The molecule has 1 saturated carbocycles. The number of para-hydroxylation sites is 1. The van der Waals surface area contributed by atoms with Crippen LogP contribution in [0.15, 0.2) is 30.5 Å². The van der Waals surface area contributed by atoms with E-state index in [0.717, 1.165) is 23.2 Å². The van der Waals surface area contributed by atoms with E-state index in [-0.39, 0.29) is 6.03 Å². The second kappa shape index (κ2) is 5.71. The third kappa shape index (κ3) is 3.36. The number of amides is 2. The number of benzene rings is 1. The Hall–Kier alpha value is -1.77. The zero-order chi connectivity index (χ0) is 13.0. The van der Waals surface area contributed by atoms with E-state index in [0.29, 0.717) is 5.92 Å². The van der Waals surface area contributed by atoms with Gasteiger partial charge in [-0.15, -0.1) is 0 Å². The second-order valence-corrected chi connectivity index (χ2v) is 4.76. The number of hydrogen-bond acceptors (Lipinski definition) is 1. The lowest BCUT2D eigenvalue weighted by atomic mass is 10.1. The van der Waals surface area contributed by atoms with Gasteiger partial charge in [-0.25, -0.2) is 4.79 Å². The average molecular weight is 244 g/mol. The number of urea groups is 1. The predicted molar refractivity (Wildman–Crippen MR) is 74.6 cm³/mol. The van der Waals surface area contributed by atoms with Gasteiger partial charge in [0.1, 0.15) is 0 Å². The quantitative estimate of drug-likeness (QED) is 0.834. The maximum Gasteiger partial charge on any atom is 0.323 e. The number of carbonyl (C=O) groups excluding carboxylic acids is 1. The first-order valence-corrected chi connectivity index (χ1v) is 6.53. The molecule has 0 aromatic heterocycles. The van der Waals surface area contributed by atoms with Crippen LogP contribution in [0.1, 0.15) is 30.9 Å². The van der Waals surface area contributed by atoms with Crippen molar-refractivity contribution >= 4 is 11.7 Å². The molecule has 0 unspecified atom stereocenters. The monoisotopic (exact) mass is 244 g/mol. The molecule has 1 aromatic carbocycles. The van der Waals surface area contributed by atoms with Crippen molar-refractivity contribution in [2.45, 2.75) is 33.1 Å². The van der Waals surface area contributed by atoms with Crippen molar-refractivity contribution in [3.05, 3.63) is 41.6 Å². The molecule has 2 rings (SSSR count). The zero-order valence-corrected chi connectivity index (χ0v) is 11.0. The summed E-state index contributed by atoms with van der Waals surface area (Å²) < 4.78 is 0. The van der Waals surface area contributed by atoms with Crippen LogP contribution in [0.3, 0.4) is 0 Å². The van der Waals surface area contributed by atoms with Crippen molar-refractivity contribution in [1.82, 2.24) is 5.32 Å². The van der Waals surface area contributed by atoms with E-state index in [9.17, 15) is 4.79 Å². The molecule has 1 aliphatic carbocycles. The molecule has 96 valence electrons. The Kier molecular flexibility index (Phi) is 4.03. The number of hydrogen-bond donors (Lipinski definition) is 2. The van der Waals surface area contributed by atoms with Gasteiger partial charge in [0.15, 0.2) is 0 Å². The van der Waals surface area contributed by atoms with Gasteiger partial charge in [-0.05, 0) is 43.2 Å². The molecule has 3 nitrogen and oxygen atoms in total. The number of anilines is 1. The molecule has 0 heterocycles. The summed E-state index contributed by atoms with van der Waals surface area (Å²) in [4.78, 5) is 11.8. The van der Waals surface area contributed by atoms with Crippen LogP contribution >= 0.6 is 0 Å². The van der Waals surface area contributed by atoms with Crippen molar-refractivity contribution in [3.63, 3.8) is 0 Å². The van der Waals surface area contributed by atoms with E-state index in [4.69, 9.17) is 0 Å². The second-order valence-electron chi connectivity index (χ2n) is 4.76. The Morgan fingerprint density at radius 2 is 2.22 bits per heavy atom. The van der Waals surface area contributed by atoms with E-state index in [2.05, 4.69) is 23.6 Å². The minimum absolute atomic E-state index is 0.170. The van der Waals surface area contributed by atoms with Crippen molar-refractivity contribution in [3.8, 4) is 0 Å². The van der Waals surface area contributed by atoms with Crippen LogP contribution in [0.5, 0.6) is 0 Å². The highest BCUT2D eigenvalue weighted by Crippen LogP contribution is 2.29. The Balaban J connectivity index is 1.97. The average Bonchev–Trinajstić information content (AvgIpc) is 3.16. The summed E-state index contributed by atoms with van der Waals surface area (Å²) in [6.07, 6.45) is 7.21. The lowest BCUT2D eigenvalue weighted by Gasteiger charge is -2.12. The first-order chi connectivity index (χ1) is 8.70. The Morgan fingerprint density at radius 3 is 2.89 bits per heavy atom. The van der Waals surface area contributed by atoms with Crippen molar-refractivity contribution in [1.29, 1.82) is 0 Å². The highest BCUT2D eigenvalue weighted by Gasteiger charge is 2.17. The third-order valence-electron chi connectivity index (χ3n) is 3.18. The summed E-state index contributed by atoms with van der Waals surface area (Å²) in [6, 6.07) is 5.90. The highest BCUT2D eigenvalue weighted by molar-refractivity contribution is 5.91. The fraction of sp³-hybridized carbons (Fsp3) is 0.400. The molecule has 18 heavy (non-hydrogen) atoms. The van der Waals surface area contributed by atoms with Crippen molar-refractivity contribution < 1.29 is 4.79 Å². The van der Waals surface area contributed by atoms with E-state index in [1.165, 1.54) is 12.8 Å². The van der Waals surface area contributed by atoms with Gasteiger partial charge < -0.3 is 10.6 Å². The normalized spacial score (nSPS) is 14.8. The number of aryl methyl sites for hydroxylation is 2. The minimum atomic E-state index is -0.170. The molecule has 1 aliphatic rings. The summed E-state index contributed by atoms with van der Waals surface area (Å²) in [5.74, 6) is 0.676. The standard InChI is InChI=1S/C15H20N2O/c1-3-13-6-4-5-11(2)14(13)17-15(18)16-10-9-12-7-8-12/h4-6,9-10,12H,3,7-8H2,1-2H3,(H2,16,17,18)/b10-9+. The van der Waals surface area contributed by atoms with E-state index < -0.39 is 0 Å². The fourth-order valence-electron chi connectivity index (χ4n) is 1.90. The smallest absolute Gasteiger partial charge is 0.315 e. The van der Waals surface area contributed by atoms with Gasteiger partial charge in [-0.1, -0.05) is 31.2 Å². The molecule has 0 aliphatic heterocycles. The molecular formula is C15H20N2O. The Bertz CT molecular complexity index is 462. The lowest BCUT2D eigenvalue weighted by molar-refractivity contribution is 0.255. The molecule has 3 heteroatoms. The lowest BCUT2D eigenvalue weighted by Crippen LogP contribution is -2.25. The molecule has 2 N–H and O–H groups in total. The summed E-state index contributed by atoms with van der Waals surface area (Å²) in [5, 5.41) is 5.67. The molecule has 1 fully saturated rings. The maximum atomic E-state index is 11.8. The molecule has 0 atom stereocenters. The maximum absolute atomic E-state index is 11.8. The molecule has 1 aromatic rings. The summed E-state index contributed by atoms with van der Waals surface area (Å²) >= 11 is 0. The van der Waals surface area contributed by atoms with E-state index in [1.807, 2.05) is 25.1 Å². The number of allylic oxidation sites excluding steroid dienone is 1. The van der Waals surface area contributed by atoms with E-state index in [1.54, 1.807) is 6.20 Å². The molecule has 0 bridgehead atoms. The number of rotatable bonds is 4. The van der Waals surface area contributed by atoms with Crippen LogP contribution in [0.4, 0.5) is 10.5 Å². The van der Waals surface area contributed by atoms with Crippen LogP contribution in [-0.2, 0) is 6.42 Å². The molecule has 0 saturated heterocycles. The van der Waals surface area contributed by atoms with Gasteiger partial charge in [-0.2, -0.15) is 0 Å². The Labute approximate surface area is 108 Å². The molecular weight excluding hydrogens is 224 g/mol. The van der Waals surface area contributed by atoms with Crippen LogP contribution in [0.2, 0.25) is 0 Å². The van der Waals surface area contributed by atoms with Gasteiger partial charge in [0.2, 0.25) is 0 Å². The van der Waals surface area contributed by atoms with Crippen molar-refractivity contribution in [2.24, 2.45) is 5.92 Å². The highest BCUT2D eigenvalue weighted by atomic mass is 16.2. The van der Waals surface area contributed by atoms with Crippen LogP contribution < -0.4 is 10.6 Å². The molecule has 2 amide bonds. The van der Waals surface area contributed by atoms with Gasteiger partial charge >= 0.3 is 6.03 Å². The zero-order valence-electron chi connectivity index (χ0n) is 11.0. The largest absolute Gasteiger partial charge is 0.323 e. The van der Waals surface area contributed by atoms with Gasteiger partial charge in [0.05, 0.1) is 0 Å². The number of carbonyl (C=O) groups is 1. The van der Waals surface area contributed by atoms with Gasteiger partial charge in [0.25, 0.3) is 0 Å². The van der Waals surface area contributed by atoms with Crippen LogP contribution in [-0.4, -0.2) is 6.03 Å². The predicted octanol–water partition coefficient (Wildman–Crippen LogP) is 3.60. The third-order valence-corrected chi connectivity index (χ3v) is 3.18. The summed E-state index contributed by atoms with van der Waals surface area (Å²) in [7, 11) is 0. The molecule has 0 spiro atoms. The van der Waals surface area contributed by atoms with Gasteiger partial charge in [-0.3, -0.25) is 0 Å².